The van der Waals surface area contributed by atoms with Crippen LogP contribution in [0.3, 0.4) is 0 Å². The third-order valence-electron chi connectivity index (χ3n) is 5.00. The molecule has 1 fully saturated rings. The molecule has 1 aliphatic rings. The van der Waals surface area contributed by atoms with Crippen molar-refractivity contribution in [3.8, 4) is 17.2 Å². The van der Waals surface area contributed by atoms with Crippen LogP contribution in [0.2, 0.25) is 0 Å². The molecule has 0 saturated carbocycles. The van der Waals surface area contributed by atoms with Crippen molar-refractivity contribution >= 4 is 63.7 Å². The second-order valence-electron chi connectivity index (χ2n) is 7.74. The van der Waals surface area contributed by atoms with E-state index >= 15 is 0 Å². The third-order valence-corrected chi connectivity index (χ3v) is 7.10. The second kappa shape index (κ2) is 12.1. The summed E-state index contributed by atoms with van der Waals surface area (Å²) in [6.45, 7) is 2.18. The summed E-state index contributed by atoms with van der Waals surface area (Å²) in [5.74, 6) is 2.47. The van der Waals surface area contributed by atoms with E-state index in [2.05, 4.69) is 69.8 Å². The minimum atomic E-state index is 0.0119. The number of epoxide rings is 1. The van der Waals surface area contributed by atoms with Gasteiger partial charge in [-0.25, -0.2) is 0 Å². The van der Waals surface area contributed by atoms with E-state index in [1.165, 1.54) is 0 Å². The molecule has 8 heteroatoms. The minimum Gasteiger partial charge on any atom is -0.493 e. The Morgan fingerprint density at radius 2 is 1.24 bits per heavy atom. The zero-order valence-corrected chi connectivity index (χ0v) is 24.0. The van der Waals surface area contributed by atoms with Gasteiger partial charge < -0.3 is 18.9 Å². The summed E-state index contributed by atoms with van der Waals surface area (Å²) >= 11 is 14.1. The quantitative estimate of drug-likeness (QED) is 0.191. The van der Waals surface area contributed by atoms with Gasteiger partial charge in [0.15, 0.2) is 0 Å². The van der Waals surface area contributed by atoms with Crippen LogP contribution in [0.4, 0.5) is 0 Å². The maximum Gasteiger partial charge on any atom is 0.136 e. The molecule has 174 valence electrons. The fourth-order valence-electron chi connectivity index (χ4n) is 3.19. The second-order valence-corrected chi connectivity index (χ2v) is 11.3. The highest BCUT2D eigenvalue weighted by Crippen LogP contribution is 2.35. The number of benzene rings is 3. The van der Waals surface area contributed by atoms with Gasteiger partial charge in [-0.3, -0.25) is 0 Å². The smallest absolute Gasteiger partial charge is 0.136 e. The lowest BCUT2D eigenvalue weighted by molar-refractivity contribution is 0.125. The van der Waals surface area contributed by atoms with Crippen molar-refractivity contribution in [2.24, 2.45) is 5.92 Å². The summed E-state index contributed by atoms with van der Waals surface area (Å²) in [4.78, 5) is 0. The maximum absolute atomic E-state index is 6.33. The van der Waals surface area contributed by atoms with Crippen LogP contribution in [-0.2, 0) is 11.2 Å². The largest absolute Gasteiger partial charge is 0.493 e. The van der Waals surface area contributed by atoms with Crippen LogP contribution in [0.25, 0.3) is 0 Å². The fourth-order valence-corrected chi connectivity index (χ4v) is 5.15. The standard InChI is InChI=1S/C25H22Br4O4/c26-18-1-5-21(6-2-18)30-12-16(13-31-22-7-3-19(27)4-8-22)14-33-25-17(10-23-15-32-23)9-20(28)11-24(25)29/h1-9,11,16,23H,10,12-15H2. The van der Waals surface area contributed by atoms with Gasteiger partial charge in [-0.2, -0.15) is 0 Å². The van der Waals surface area contributed by atoms with Crippen molar-refractivity contribution < 1.29 is 18.9 Å². The Bertz CT molecular complexity index is 1000. The molecule has 1 aliphatic heterocycles. The molecule has 3 aromatic rings. The number of ether oxygens (including phenoxy) is 4. The van der Waals surface area contributed by atoms with Gasteiger partial charge in [0, 0.05) is 19.8 Å². The van der Waals surface area contributed by atoms with Crippen LogP contribution in [0.1, 0.15) is 5.56 Å². The molecule has 3 aromatic carbocycles. The first-order valence-corrected chi connectivity index (χ1v) is 13.6. The predicted molar refractivity (Wildman–Crippen MR) is 144 cm³/mol. The van der Waals surface area contributed by atoms with E-state index in [4.69, 9.17) is 18.9 Å². The summed E-state index contributed by atoms with van der Waals surface area (Å²) in [5, 5.41) is 0. The number of rotatable bonds is 11. The van der Waals surface area contributed by atoms with Gasteiger partial charge in [-0.15, -0.1) is 0 Å². The highest BCUT2D eigenvalue weighted by Gasteiger charge is 2.26. The SMILES string of the molecule is Brc1ccc(OCC(COc2ccc(Br)cc2)COc2c(Br)cc(Br)cc2CC2CO2)cc1. The molecule has 1 unspecified atom stereocenters. The third kappa shape index (κ3) is 7.99. The maximum atomic E-state index is 6.33. The van der Waals surface area contributed by atoms with Gasteiger partial charge in [0.05, 0.1) is 42.9 Å². The summed E-state index contributed by atoms with van der Waals surface area (Å²) in [7, 11) is 0. The molecule has 0 radical (unpaired) electrons. The molecule has 0 spiro atoms. The van der Waals surface area contributed by atoms with E-state index in [9.17, 15) is 0 Å². The number of hydrogen-bond donors (Lipinski definition) is 0. The molecular formula is C25H22Br4O4. The molecule has 0 bridgehead atoms. The lowest BCUT2D eigenvalue weighted by atomic mass is 10.1. The molecule has 1 heterocycles. The minimum absolute atomic E-state index is 0.0119. The Balaban J connectivity index is 1.44. The van der Waals surface area contributed by atoms with Crippen LogP contribution in [0.15, 0.2) is 78.6 Å². The fraction of sp³-hybridized carbons (Fsp3) is 0.280. The van der Waals surface area contributed by atoms with Crippen LogP contribution >= 0.6 is 63.7 Å². The first-order valence-electron chi connectivity index (χ1n) is 10.5. The molecule has 0 N–H and O–H groups in total. The molecular weight excluding hydrogens is 684 g/mol. The highest BCUT2D eigenvalue weighted by molar-refractivity contribution is 9.11. The monoisotopic (exact) mass is 702 g/mol. The Morgan fingerprint density at radius 3 is 1.76 bits per heavy atom. The van der Waals surface area contributed by atoms with E-state index in [0.717, 1.165) is 53.7 Å². The van der Waals surface area contributed by atoms with E-state index in [1.54, 1.807) is 0 Å². The summed E-state index contributed by atoms with van der Waals surface area (Å²) in [6, 6.07) is 19.7. The zero-order chi connectivity index (χ0) is 23.2. The van der Waals surface area contributed by atoms with E-state index in [1.807, 2.05) is 54.6 Å². The summed E-state index contributed by atoms with van der Waals surface area (Å²) in [6.07, 6.45) is 1.09. The van der Waals surface area contributed by atoms with Crippen LogP contribution in [0, 0.1) is 5.92 Å². The molecule has 0 amide bonds. The van der Waals surface area contributed by atoms with Crippen molar-refractivity contribution in [2.45, 2.75) is 12.5 Å². The number of hydrogen-bond acceptors (Lipinski definition) is 4. The molecule has 33 heavy (non-hydrogen) atoms. The Kier molecular flexibility index (Phi) is 9.16. The average Bonchev–Trinajstić information content (AvgIpc) is 3.60. The van der Waals surface area contributed by atoms with Gasteiger partial charge in [-0.05, 0) is 82.2 Å². The lowest BCUT2D eigenvalue weighted by Gasteiger charge is -2.21. The normalized spacial score (nSPS) is 14.9. The molecule has 0 aromatic heterocycles. The topological polar surface area (TPSA) is 40.2 Å². The summed E-state index contributed by atoms with van der Waals surface area (Å²) in [5.41, 5.74) is 1.11. The highest BCUT2D eigenvalue weighted by atomic mass is 79.9. The molecule has 4 rings (SSSR count). The van der Waals surface area contributed by atoms with Crippen molar-refractivity contribution in [1.29, 1.82) is 0 Å². The first kappa shape index (κ1) is 25.0. The average molecular weight is 706 g/mol. The Labute approximate surface area is 227 Å². The van der Waals surface area contributed by atoms with E-state index < -0.39 is 0 Å². The first-order chi connectivity index (χ1) is 16.0. The zero-order valence-electron chi connectivity index (χ0n) is 17.6. The van der Waals surface area contributed by atoms with Gasteiger partial charge >= 0.3 is 0 Å². The molecule has 4 nitrogen and oxygen atoms in total. The van der Waals surface area contributed by atoms with Crippen molar-refractivity contribution in [1.82, 2.24) is 0 Å². The lowest BCUT2D eigenvalue weighted by Crippen LogP contribution is -2.26. The van der Waals surface area contributed by atoms with Crippen molar-refractivity contribution in [2.75, 3.05) is 26.4 Å². The Hall–Kier alpha value is -1.06. The van der Waals surface area contributed by atoms with Crippen molar-refractivity contribution in [3.05, 3.63) is 84.1 Å². The van der Waals surface area contributed by atoms with Gasteiger partial charge in [-0.1, -0.05) is 47.8 Å². The van der Waals surface area contributed by atoms with Crippen LogP contribution in [-0.4, -0.2) is 32.5 Å². The molecule has 1 saturated heterocycles. The van der Waals surface area contributed by atoms with E-state index in [0.29, 0.717) is 19.8 Å². The van der Waals surface area contributed by atoms with E-state index in [-0.39, 0.29) is 12.0 Å². The molecule has 1 atom stereocenters. The molecule has 0 aliphatic carbocycles. The Morgan fingerprint density at radius 1 is 0.727 bits per heavy atom. The van der Waals surface area contributed by atoms with Gasteiger partial charge in [0.1, 0.15) is 17.2 Å². The van der Waals surface area contributed by atoms with Crippen LogP contribution < -0.4 is 14.2 Å². The van der Waals surface area contributed by atoms with Crippen molar-refractivity contribution in [3.63, 3.8) is 0 Å². The van der Waals surface area contributed by atoms with Gasteiger partial charge in [0.2, 0.25) is 0 Å². The number of halogens is 4. The predicted octanol–water partition coefficient (Wildman–Crippen LogP) is 7.83. The summed E-state index contributed by atoms with van der Waals surface area (Å²) < 4.78 is 27.8. The van der Waals surface area contributed by atoms with Gasteiger partial charge in [0.25, 0.3) is 0 Å². The van der Waals surface area contributed by atoms with Crippen LogP contribution in [0.5, 0.6) is 17.2 Å².